The summed E-state index contributed by atoms with van der Waals surface area (Å²) in [7, 11) is -0.509. The number of benzene rings is 1. The van der Waals surface area contributed by atoms with Crippen molar-refractivity contribution in [3.63, 3.8) is 0 Å². The number of H-pyrrole nitrogens is 1. The van der Waals surface area contributed by atoms with Crippen LogP contribution in [0.4, 0.5) is 0 Å². The van der Waals surface area contributed by atoms with Crippen molar-refractivity contribution >= 4 is 18.7 Å². The van der Waals surface area contributed by atoms with Crippen LogP contribution in [0.2, 0.25) is 11.8 Å². The van der Waals surface area contributed by atoms with Crippen LogP contribution in [-0.4, -0.2) is 33.6 Å². The van der Waals surface area contributed by atoms with Gasteiger partial charge in [0.05, 0.1) is 11.7 Å². The predicted octanol–water partition coefficient (Wildman–Crippen LogP) is 2.12. The summed E-state index contributed by atoms with van der Waals surface area (Å²) >= 11 is 6.06. The van der Waals surface area contributed by atoms with Crippen LogP contribution in [-0.2, 0) is 6.42 Å². The Kier molecular flexibility index (Phi) is 3.35. The van der Waals surface area contributed by atoms with Crippen molar-refractivity contribution in [1.29, 1.82) is 0 Å². The molecule has 1 atom stereocenters. The van der Waals surface area contributed by atoms with Gasteiger partial charge in [-0.15, -0.1) is 0 Å². The van der Waals surface area contributed by atoms with Crippen LogP contribution in [0.1, 0.15) is 22.9 Å². The molecule has 1 aliphatic rings. The first-order valence-corrected chi connectivity index (χ1v) is 6.76. The largest absolute Gasteiger partial charge is 0.437 e. The van der Waals surface area contributed by atoms with E-state index >= 15 is 0 Å². The molecule has 6 heteroatoms. The lowest BCUT2D eigenvalue weighted by molar-refractivity contribution is 0.300. The lowest BCUT2D eigenvalue weighted by Crippen LogP contribution is -2.45. The fourth-order valence-electron chi connectivity index (χ4n) is 2.77. The molecular formula is C13H15BClN3O. The third-order valence-electron chi connectivity index (χ3n) is 3.65. The van der Waals surface area contributed by atoms with Gasteiger partial charge in [-0.1, -0.05) is 17.7 Å². The zero-order chi connectivity index (χ0) is 13.4. The highest BCUT2D eigenvalue weighted by atomic mass is 35.5. The summed E-state index contributed by atoms with van der Waals surface area (Å²) < 4.78 is 0. The van der Waals surface area contributed by atoms with Gasteiger partial charge in [-0.25, -0.2) is 0 Å². The molecule has 2 heterocycles. The number of aromatic nitrogens is 2. The SMILES string of the molecule is CB(O)N1CCc2cc(Cl)ccc2C1c1cc[nH]n1. The molecule has 3 rings (SSSR count). The van der Waals surface area contributed by atoms with Crippen molar-refractivity contribution in [3.05, 3.63) is 52.3 Å². The first-order valence-electron chi connectivity index (χ1n) is 6.38. The molecule has 0 saturated carbocycles. The number of nitrogens with one attached hydrogen (secondary N) is 1. The third kappa shape index (κ3) is 2.29. The smallest absolute Gasteiger partial charge is 0.377 e. The number of hydrogen-bond acceptors (Lipinski definition) is 3. The third-order valence-corrected chi connectivity index (χ3v) is 3.89. The Morgan fingerprint density at radius 2 is 2.32 bits per heavy atom. The summed E-state index contributed by atoms with van der Waals surface area (Å²) in [5.74, 6) is 0. The standard InChI is InChI=1S/C13H15BClN3O/c1-14(19)18-7-5-9-8-10(15)2-3-11(9)13(18)12-4-6-16-17-12/h2-4,6,8,13,19H,5,7H2,1H3,(H,16,17). The van der Waals surface area contributed by atoms with Gasteiger partial charge in [0.2, 0.25) is 0 Å². The Morgan fingerprint density at radius 1 is 1.47 bits per heavy atom. The lowest BCUT2D eigenvalue weighted by Gasteiger charge is -2.37. The fourth-order valence-corrected chi connectivity index (χ4v) is 2.97. The van der Waals surface area contributed by atoms with Gasteiger partial charge in [-0.2, -0.15) is 5.10 Å². The summed E-state index contributed by atoms with van der Waals surface area (Å²) in [6.07, 6.45) is 2.70. The molecule has 0 fully saturated rings. The minimum Gasteiger partial charge on any atom is -0.437 e. The van der Waals surface area contributed by atoms with Crippen LogP contribution < -0.4 is 0 Å². The van der Waals surface area contributed by atoms with Crippen molar-refractivity contribution in [3.8, 4) is 0 Å². The van der Waals surface area contributed by atoms with Crippen molar-refractivity contribution < 1.29 is 5.02 Å². The molecule has 1 aliphatic heterocycles. The number of hydrogen-bond donors (Lipinski definition) is 2. The maximum atomic E-state index is 9.99. The number of nitrogens with zero attached hydrogens (tertiary/aromatic N) is 2. The number of aromatic amines is 1. The summed E-state index contributed by atoms with van der Waals surface area (Å²) in [5, 5.41) is 17.9. The van der Waals surface area contributed by atoms with Crippen LogP contribution >= 0.6 is 11.6 Å². The van der Waals surface area contributed by atoms with Gasteiger partial charge in [0.25, 0.3) is 0 Å². The van der Waals surface area contributed by atoms with E-state index in [-0.39, 0.29) is 6.04 Å². The van der Waals surface area contributed by atoms with Gasteiger partial charge in [0.1, 0.15) is 0 Å². The normalized spacial score (nSPS) is 19.2. The van der Waals surface area contributed by atoms with Gasteiger partial charge < -0.3 is 9.83 Å². The first kappa shape index (κ1) is 12.7. The Morgan fingerprint density at radius 3 is 3.00 bits per heavy atom. The van der Waals surface area contributed by atoms with Crippen LogP contribution in [0.3, 0.4) is 0 Å². The molecule has 0 saturated heterocycles. The van der Waals surface area contributed by atoms with E-state index in [4.69, 9.17) is 11.6 Å². The molecule has 2 aromatic rings. The molecule has 19 heavy (non-hydrogen) atoms. The Bertz CT molecular complexity index is 573. The predicted molar refractivity (Wildman–Crippen MR) is 76.1 cm³/mol. The summed E-state index contributed by atoms with van der Waals surface area (Å²) in [5.41, 5.74) is 3.32. The molecule has 1 aromatic heterocycles. The van der Waals surface area contributed by atoms with Crippen LogP contribution in [0.25, 0.3) is 0 Å². The van der Waals surface area contributed by atoms with E-state index in [0.29, 0.717) is 0 Å². The molecule has 0 bridgehead atoms. The second kappa shape index (κ2) is 5.00. The molecule has 1 aromatic carbocycles. The highest BCUT2D eigenvalue weighted by Gasteiger charge is 2.33. The molecule has 4 nitrogen and oxygen atoms in total. The van der Waals surface area contributed by atoms with E-state index in [9.17, 15) is 5.02 Å². The van der Waals surface area contributed by atoms with Gasteiger partial charge in [0.15, 0.2) is 0 Å². The number of fused-ring (bicyclic) bond motifs is 1. The molecule has 0 amide bonds. The Labute approximate surface area is 117 Å². The molecule has 2 N–H and O–H groups in total. The molecule has 98 valence electrons. The van der Waals surface area contributed by atoms with Crippen molar-refractivity contribution in [2.24, 2.45) is 0 Å². The maximum Gasteiger partial charge on any atom is 0.377 e. The summed E-state index contributed by atoms with van der Waals surface area (Å²) in [6.45, 7) is 2.59. The van der Waals surface area contributed by atoms with E-state index in [1.165, 1.54) is 11.1 Å². The zero-order valence-electron chi connectivity index (χ0n) is 10.7. The summed E-state index contributed by atoms with van der Waals surface area (Å²) in [6, 6.07) is 7.86. The van der Waals surface area contributed by atoms with E-state index in [1.807, 2.05) is 29.1 Å². The molecule has 0 spiro atoms. The Hall–Kier alpha value is -1.30. The minimum atomic E-state index is -0.509. The van der Waals surface area contributed by atoms with Gasteiger partial charge in [-0.3, -0.25) is 5.10 Å². The van der Waals surface area contributed by atoms with E-state index in [2.05, 4.69) is 10.2 Å². The minimum absolute atomic E-state index is 0.0210. The van der Waals surface area contributed by atoms with Crippen LogP contribution in [0, 0.1) is 0 Å². The average molecular weight is 276 g/mol. The highest BCUT2D eigenvalue weighted by Crippen LogP contribution is 2.35. The zero-order valence-corrected chi connectivity index (χ0v) is 11.4. The van der Waals surface area contributed by atoms with E-state index < -0.39 is 7.05 Å². The van der Waals surface area contributed by atoms with Crippen LogP contribution in [0.15, 0.2) is 30.5 Å². The lowest BCUT2D eigenvalue weighted by atomic mass is 9.77. The van der Waals surface area contributed by atoms with E-state index in [1.54, 1.807) is 13.0 Å². The van der Waals surface area contributed by atoms with Crippen molar-refractivity contribution in [2.75, 3.05) is 6.54 Å². The number of halogens is 1. The average Bonchev–Trinajstić information content (AvgIpc) is 2.90. The second-order valence-electron chi connectivity index (χ2n) is 4.86. The first-order chi connectivity index (χ1) is 9.16. The fraction of sp³-hybridized carbons (Fsp3) is 0.308. The van der Waals surface area contributed by atoms with Crippen molar-refractivity contribution in [2.45, 2.75) is 19.3 Å². The van der Waals surface area contributed by atoms with Gasteiger partial charge >= 0.3 is 7.05 Å². The van der Waals surface area contributed by atoms with Gasteiger partial charge in [-0.05, 0) is 49.1 Å². The summed E-state index contributed by atoms with van der Waals surface area (Å²) in [4.78, 5) is 2.05. The topological polar surface area (TPSA) is 52.1 Å². The molecule has 1 unspecified atom stereocenters. The van der Waals surface area contributed by atoms with Gasteiger partial charge in [0, 0.05) is 11.2 Å². The van der Waals surface area contributed by atoms with Crippen LogP contribution in [0.5, 0.6) is 0 Å². The highest BCUT2D eigenvalue weighted by molar-refractivity contribution is 6.45. The maximum absolute atomic E-state index is 9.99. The monoisotopic (exact) mass is 275 g/mol. The quantitative estimate of drug-likeness (QED) is 0.826. The second-order valence-corrected chi connectivity index (χ2v) is 5.30. The molecular weight excluding hydrogens is 260 g/mol. The Balaban J connectivity index is 2.10. The van der Waals surface area contributed by atoms with E-state index in [0.717, 1.165) is 23.7 Å². The molecule has 0 radical (unpaired) electrons. The van der Waals surface area contributed by atoms with Crippen molar-refractivity contribution in [1.82, 2.24) is 15.0 Å². The number of rotatable bonds is 2. The molecule has 0 aliphatic carbocycles.